The van der Waals surface area contributed by atoms with Crippen molar-refractivity contribution < 1.29 is 8.42 Å². The lowest BCUT2D eigenvalue weighted by atomic mass is 10.1. The topological polar surface area (TPSA) is 85.8 Å². The molecule has 0 amide bonds. The van der Waals surface area contributed by atoms with E-state index in [0.29, 0.717) is 12.6 Å². The summed E-state index contributed by atoms with van der Waals surface area (Å²) in [6.45, 7) is 16.6. The third-order valence-electron chi connectivity index (χ3n) is 3.83. The van der Waals surface area contributed by atoms with E-state index in [1.165, 1.54) is 6.26 Å². The van der Waals surface area contributed by atoms with Crippen LogP contribution in [0.5, 0.6) is 0 Å². The summed E-state index contributed by atoms with van der Waals surface area (Å²) >= 11 is 0. The summed E-state index contributed by atoms with van der Waals surface area (Å²) in [5.41, 5.74) is -0.623. The molecule has 0 aromatic carbocycles. The van der Waals surface area contributed by atoms with Gasteiger partial charge in [-0.25, -0.2) is 13.1 Å². The maximum atomic E-state index is 11.4. The van der Waals surface area contributed by atoms with Crippen molar-refractivity contribution in [2.24, 2.45) is 4.99 Å². The van der Waals surface area contributed by atoms with Crippen molar-refractivity contribution in [2.45, 2.75) is 66.0 Å². The van der Waals surface area contributed by atoms with E-state index in [4.69, 9.17) is 0 Å². The average molecular weight is 378 g/mol. The lowest BCUT2D eigenvalue weighted by molar-refractivity contribution is 0.292. The van der Waals surface area contributed by atoms with Crippen LogP contribution in [-0.2, 0) is 10.0 Å². The summed E-state index contributed by atoms with van der Waals surface area (Å²) in [5.74, 6) is 0.723. The number of nitrogens with zero attached hydrogens (tertiary/aromatic N) is 2. The van der Waals surface area contributed by atoms with Crippen LogP contribution in [0, 0.1) is 0 Å². The molecule has 0 aromatic heterocycles. The van der Waals surface area contributed by atoms with Gasteiger partial charge in [0.1, 0.15) is 0 Å². The Kier molecular flexibility index (Phi) is 11.3. The molecule has 0 fully saturated rings. The second-order valence-electron chi connectivity index (χ2n) is 7.17. The van der Waals surface area contributed by atoms with Gasteiger partial charge >= 0.3 is 0 Å². The first-order valence-electron chi connectivity index (χ1n) is 9.29. The normalized spacial score (nSPS) is 14.6. The molecule has 0 radical (unpaired) electrons. The van der Waals surface area contributed by atoms with Crippen molar-refractivity contribution in [2.75, 3.05) is 39.0 Å². The molecule has 0 aliphatic heterocycles. The highest BCUT2D eigenvalue weighted by atomic mass is 32.2. The van der Waals surface area contributed by atoms with Gasteiger partial charge in [0.2, 0.25) is 10.0 Å². The van der Waals surface area contributed by atoms with Gasteiger partial charge in [0.25, 0.3) is 0 Å². The van der Waals surface area contributed by atoms with E-state index in [9.17, 15) is 8.42 Å². The van der Waals surface area contributed by atoms with Crippen molar-refractivity contribution in [3.8, 4) is 0 Å². The molecule has 25 heavy (non-hydrogen) atoms. The minimum Gasteiger partial charge on any atom is -0.357 e. The third kappa shape index (κ3) is 13.1. The zero-order chi connectivity index (χ0) is 19.5. The fourth-order valence-corrected chi connectivity index (χ4v) is 3.67. The van der Waals surface area contributed by atoms with Crippen LogP contribution in [-0.4, -0.2) is 69.8 Å². The molecule has 0 spiro atoms. The van der Waals surface area contributed by atoms with E-state index in [1.54, 1.807) is 0 Å². The molecule has 0 rings (SSSR count). The first-order chi connectivity index (χ1) is 11.5. The van der Waals surface area contributed by atoms with Crippen molar-refractivity contribution in [1.29, 1.82) is 0 Å². The van der Waals surface area contributed by atoms with E-state index >= 15 is 0 Å². The zero-order valence-corrected chi connectivity index (χ0v) is 18.0. The van der Waals surface area contributed by atoms with Crippen molar-refractivity contribution in [3.05, 3.63) is 0 Å². The SMILES string of the molecule is CCNC(=NCC(C)(C)NS(C)(=O)=O)NC(C)CCCN(CC)CC. The van der Waals surface area contributed by atoms with Gasteiger partial charge in [0.15, 0.2) is 5.96 Å². The van der Waals surface area contributed by atoms with Gasteiger partial charge in [-0.05, 0) is 60.2 Å². The van der Waals surface area contributed by atoms with Crippen LogP contribution in [0.3, 0.4) is 0 Å². The molecule has 0 heterocycles. The van der Waals surface area contributed by atoms with Crippen LogP contribution < -0.4 is 15.4 Å². The van der Waals surface area contributed by atoms with E-state index < -0.39 is 15.6 Å². The zero-order valence-electron chi connectivity index (χ0n) is 17.1. The highest BCUT2D eigenvalue weighted by molar-refractivity contribution is 7.88. The Morgan fingerprint density at radius 3 is 2.28 bits per heavy atom. The fraction of sp³-hybridized carbons (Fsp3) is 0.941. The van der Waals surface area contributed by atoms with E-state index in [2.05, 4.69) is 46.0 Å². The summed E-state index contributed by atoms with van der Waals surface area (Å²) in [6, 6.07) is 0.305. The third-order valence-corrected chi connectivity index (χ3v) is 4.75. The molecule has 1 atom stereocenters. The smallest absolute Gasteiger partial charge is 0.209 e. The quantitative estimate of drug-likeness (QED) is 0.353. The van der Waals surface area contributed by atoms with Crippen molar-refractivity contribution >= 4 is 16.0 Å². The Hall–Kier alpha value is -0.860. The van der Waals surface area contributed by atoms with Gasteiger partial charge in [0, 0.05) is 18.1 Å². The Balaban J connectivity index is 4.57. The molecule has 150 valence electrons. The monoisotopic (exact) mass is 377 g/mol. The number of hydrogen-bond acceptors (Lipinski definition) is 4. The first kappa shape index (κ1) is 24.1. The Bertz CT molecular complexity index is 487. The number of rotatable bonds is 12. The van der Waals surface area contributed by atoms with Crippen LogP contribution in [0.15, 0.2) is 4.99 Å². The van der Waals surface area contributed by atoms with Gasteiger partial charge in [-0.1, -0.05) is 13.8 Å². The molecular weight excluding hydrogens is 338 g/mol. The van der Waals surface area contributed by atoms with E-state index in [1.807, 2.05) is 20.8 Å². The Morgan fingerprint density at radius 2 is 1.80 bits per heavy atom. The lowest BCUT2D eigenvalue weighted by Gasteiger charge is -2.24. The van der Waals surface area contributed by atoms with Crippen molar-refractivity contribution in [3.63, 3.8) is 0 Å². The summed E-state index contributed by atoms with van der Waals surface area (Å²) in [5, 5.41) is 6.63. The molecule has 3 N–H and O–H groups in total. The minimum atomic E-state index is -3.26. The maximum absolute atomic E-state index is 11.4. The second kappa shape index (κ2) is 11.7. The maximum Gasteiger partial charge on any atom is 0.209 e. The molecule has 0 aromatic rings. The second-order valence-corrected chi connectivity index (χ2v) is 8.92. The number of nitrogens with one attached hydrogen (secondary N) is 3. The molecule has 0 aliphatic rings. The minimum absolute atomic E-state index is 0.305. The highest BCUT2D eigenvalue weighted by Gasteiger charge is 2.22. The summed E-state index contributed by atoms with van der Waals surface area (Å²) in [4.78, 5) is 6.96. The average Bonchev–Trinajstić information content (AvgIpc) is 2.47. The number of guanidine groups is 1. The van der Waals surface area contributed by atoms with Gasteiger partial charge in [-0.2, -0.15) is 0 Å². The number of sulfonamides is 1. The van der Waals surface area contributed by atoms with Crippen LogP contribution in [0.25, 0.3) is 0 Å². The van der Waals surface area contributed by atoms with Gasteiger partial charge in [-0.3, -0.25) is 4.99 Å². The number of aliphatic imine (C=N–C) groups is 1. The molecule has 8 heteroatoms. The molecule has 1 unspecified atom stereocenters. The molecule has 0 bridgehead atoms. The van der Waals surface area contributed by atoms with Crippen LogP contribution in [0.4, 0.5) is 0 Å². The summed E-state index contributed by atoms with van der Waals surface area (Å²) in [6.07, 6.45) is 3.36. The van der Waals surface area contributed by atoms with E-state index in [0.717, 1.165) is 45.0 Å². The Labute approximate surface area is 155 Å². The van der Waals surface area contributed by atoms with Crippen LogP contribution in [0.1, 0.15) is 54.4 Å². The van der Waals surface area contributed by atoms with Crippen LogP contribution >= 0.6 is 0 Å². The van der Waals surface area contributed by atoms with Gasteiger partial charge in [0.05, 0.1) is 12.8 Å². The first-order valence-corrected chi connectivity index (χ1v) is 11.2. The summed E-state index contributed by atoms with van der Waals surface area (Å²) < 4.78 is 25.5. The van der Waals surface area contributed by atoms with Crippen molar-refractivity contribution in [1.82, 2.24) is 20.3 Å². The lowest BCUT2D eigenvalue weighted by Crippen LogP contribution is -2.47. The molecule has 0 aliphatic carbocycles. The van der Waals surface area contributed by atoms with Gasteiger partial charge < -0.3 is 15.5 Å². The summed E-state index contributed by atoms with van der Waals surface area (Å²) in [7, 11) is -3.26. The predicted octanol–water partition coefficient (Wildman–Crippen LogP) is 1.38. The van der Waals surface area contributed by atoms with Gasteiger partial charge in [-0.15, -0.1) is 0 Å². The molecule has 0 saturated heterocycles. The Morgan fingerprint density at radius 1 is 1.20 bits per heavy atom. The largest absolute Gasteiger partial charge is 0.357 e. The molecular formula is C17H39N5O2S. The van der Waals surface area contributed by atoms with E-state index in [-0.39, 0.29) is 0 Å². The number of hydrogen-bond donors (Lipinski definition) is 3. The fourth-order valence-electron chi connectivity index (χ4n) is 2.60. The standard InChI is InChI=1S/C17H39N5O2S/c1-8-18-16(19-14-17(5,6)21-25(7,23)24)20-15(4)12-11-13-22(9-2)10-3/h15,21H,8-14H2,1-7H3,(H2,18,19,20). The van der Waals surface area contributed by atoms with Crippen LogP contribution in [0.2, 0.25) is 0 Å². The molecule has 7 nitrogen and oxygen atoms in total. The molecule has 0 saturated carbocycles. The highest BCUT2D eigenvalue weighted by Crippen LogP contribution is 2.05. The predicted molar refractivity (Wildman–Crippen MR) is 108 cm³/mol.